The highest BCUT2D eigenvalue weighted by molar-refractivity contribution is 4.51. The van der Waals surface area contributed by atoms with E-state index in [1.165, 1.54) is 89.9 Å². The van der Waals surface area contributed by atoms with Gasteiger partial charge < -0.3 is 20.1 Å². The molecule has 0 aromatic carbocycles. The molecule has 0 saturated carbocycles. The van der Waals surface area contributed by atoms with E-state index >= 15 is 0 Å². The van der Waals surface area contributed by atoms with Crippen LogP contribution in [0.5, 0.6) is 0 Å². The Morgan fingerprint density at radius 2 is 0.750 bits per heavy atom. The van der Waals surface area contributed by atoms with Crippen molar-refractivity contribution in [2.75, 3.05) is 19.8 Å². The lowest BCUT2D eigenvalue weighted by molar-refractivity contribution is -0.105. The van der Waals surface area contributed by atoms with Crippen LogP contribution < -0.4 is 0 Å². The molecule has 4 heteroatoms. The van der Waals surface area contributed by atoms with Crippen LogP contribution in [0.2, 0.25) is 0 Å². The molecule has 0 radical (unpaired) electrons. The molecule has 1 atom stereocenters. The van der Waals surface area contributed by atoms with Crippen LogP contribution in [0, 0.1) is 0 Å². The van der Waals surface area contributed by atoms with Crippen molar-refractivity contribution in [3.63, 3.8) is 0 Å². The zero-order valence-electron chi connectivity index (χ0n) is 18.6. The van der Waals surface area contributed by atoms with Gasteiger partial charge in [-0.05, 0) is 32.1 Å². The average molecular weight is 403 g/mol. The first-order valence-electron chi connectivity index (χ1n) is 12.3. The van der Waals surface area contributed by atoms with E-state index < -0.39 is 6.29 Å². The molecule has 0 saturated heterocycles. The second-order valence-electron chi connectivity index (χ2n) is 8.28. The molecule has 28 heavy (non-hydrogen) atoms. The van der Waals surface area contributed by atoms with E-state index in [2.05, 4.69) is 0 Å². The largest absolute Gasteiger partial charge is 0.396 e. The van der Waals surface area contributed by atoms with E-state index in [0.717, 1.165) is 38.5 Å². The Morgan fingerprint density at radius 1 is 0.429 bits per heavy atom. The Hall–Kier alpha value is -0.160. The van der Waals surface area contributed by atoms with Gasteiger partial charge in [0.2, 0.25) is 0 Å². The van der Waals surface area contributed by atoms with Gasteiger partial charge in [0.15, 0.2) is 6.29 Å². The minimum atomic E-state index is -0.572. The fourth-order valence-electron chi connectivity index (χ4n) is 3.60. The second kappa shape index (κ2) is 24.9. The lowest BCUT2D eigenvalue weighted by atomic mass is 10.1. The Labute approximate surface area is 175 Å². The molecule has 0 amide bonds. The Morgan fingerprint density at radius 3 is 1.14 bits per heavy atom. The second-order valence-corrected chi connectivity index (χ2v) is 8.28. The van der Waals surface area contributed by atoms with Crippen LogP contribution in [0.4, 0.5) is 0 Å². The standard InChI is InChI=1S/C24H50O4/c25-21-17-13-9-5-1-2-7-11-15-19-23-28-24(27)20-16-12-8-4-3-6-10-14-18-22-26/h24-27H,1-23H2. The van der Waals surface area contributed by atoms with Crippen LogP contribution >= 0.6 is 0 Å². The highest BCUT2D eigenvalue weighted by Crippen LogP contribution is 2.13. The molecule has 0 aromatic rings. The van der Waals surface area contributed by atoms with Crippen molar-refractivity contribution >= 4 is 0 Å². The summed E-state index contributed by atoms with van der Waals surface area (Å²) in [4.78, 5) is 0. The lowest BCUT2D eigenvalue weighted by Gasteiger charge is -2.12. The fourth-order valence-corrected chi connectivity index (χ4v) is 3.60. The molecule has 0 heterocycles. The molecule has 4 nitrogen and oxygen atoms in total. The summed E-state index contributed by atoms with van der Waals surface area (Å²) in [6, 6.07) is 0. The molecule has 0 aromatic heterocycles. The van der Waals surface area contributed by atoms with Crippen LogP contribution in [0.1, 0.15) is 128 Å². The Balaban J connectivity index is 3.12. The van der Waals surface area contributed by atoms with Gasteiger partial charge in [0.25, 0.3) is 0 Å². The monoisotopic (exact) mass is 402 g/mol. The first kappa shape index (κ1) is 27.8. The maximum Gasteiger partial charge on any atom is 0.154 e. The molecular weight excluding hydrogens is 352 g/mol. The van der Waals surface area contributed by atoms with E-state index in [0.29, 0.717) is 19.8 Å². The van der Waals surface area contributed by atoms with Gasteiger partial charge in [-0.1, -0.05) is 96.3 Å². The third-order valence-corrected chi connectivity index (χ3v) is 5.47. The maximum absolute atomic E-state index is 9.88. The fraction of sp³-hybridized carbons (Fsp3) is 1.00. The van der Waals surface area contributed by atoms with Crippen molar-refractivity contribution in [1.82, 2.24) is 0 Å². The highest BCUT2D eigenvalue weighted by Gasteiger charge is 2.03. The SMILES string of the molecule is OCCCCCCCCCCCCOC(O)CCCCCCCCCCCO. The summed E-state index contributed by atoms with van der Waals surface area (Å²) < 4.78 is 5.52. The van der Waals surface area contributed by atoms with Crippen molar-refractivity contribution in [2.24, 2.45) is 0 Å². The van der Waals surface area contributed by atoms with Crippen molar-refractivity contribution < 1.29 is 20.1 Å². The van der Waals surface area contributed by atoms with Crippen molar-refractivity contribution in [3.8, 4) is 0 Å². The van der Waals surface area contributed by atoms with Crippen molar-refractivity contribution in [1.29, 1.82) is 0 Å². The third kappa shape index (κ3) is 23.9. The molecule has 0 aliphatic carbocycles. The number of hydrogen-bond acceptors (Lipinski definition) is 4. The summed E-state index contributed by atoms with van der Waals surface area (Å²) >= 11 is 0. The van der Waals surface area contributed by atoms with Crippen LogP contribution in [0.25, 0.3) is 0 Å². The van der Waals surface area contributed by atoms with Crippen LogP contribution in [-0.4, -0.2) is 41.4 Å². The van der Waals surface area contributed by atoms with Crippen LogP contribution in [-0.2, 0) is 4.74 Å². The topological polar surface area (TPSA) is 69.9 Å². The molecule has 0 aliphatic heterocycles. The van der Waals surface area contributed by atoms with Gasteiger partial charge in [-0.2, -0.15) is 0 Å². The van der Waals surface area contributed by atoms with E-state index in [1.807, 2.05) is 0 Å². The summed E-state index contributed by atoms with van der Waals surface area (Å²) in [6.07, 6.45) is 23.1. The minimum Gasteiger partial charge on any atom is -0.396 e. The number of aliphatic hydroxyl groups excluding tert-OH is 3. The van der Waals surface area contributed by atoms with Gasteiger partial charge in [0.1, 0.15) is 0 Å². The van der Waals surface area contributed by atoms with Gasteiger partial charge in [-0.3, -0.25) is 0 Å². The molecular formula is C24H50O4. The summed E-state index contributed by atoms with van der Waals surface area (Å²) in [6.45, 7) is 1.36. The zero-order chi connectivity index (χ0) is 20.5. The summed E-state index contributed by atoms with van der Waals surface area (Å²) in [5.41, 5.74) is 0. The number of rotatable bonds is 24. The van der Waals surface area contributed by atoms with E-state index in [4.69, 9.17) is 14.9 Å². The molecule has 170 valence electrons. The van der Waals surface area contributed by atoms with Crippen LogP contribution in [0.15, 0.2) is 0 Å². The van der Waals surface area contributed by atoms with E-state index in [-0.39, 0.29) is 0 Å². The zero-order valence-corrected chi connectivity index (χ0v) is 18.6. The smallest absolute Gasteiger partial charge is 0.154 e. The van der Waals surface area contributed by atoms with Gasteiger partial charge in [0, 0.05) is 19.8 Å². The maximum atomic E-state index is 9.88. The number of aliphatic hydroxyl groups is 3. The van der Waals surface area contributed by atoms with Gasteiger partial charge in [-0.25, -0.2) is 0 Å². The third-order valence-electron chi connectivity index (χ3n) is 5.47. The van der Waals surface area contributed by atoms with Gasteiger partial charge in [-0.15, -0.1) is 0 Å². The van der Waals surface area contributed by atoms with Gasteiger partial charge >= 0.3 is 0 Å². The summed E-state index contributed by atoms with van der Waals surface area (Å²) in [5.74, 6) is 0. The molecule has 0 bridgehead atoms. The molecule has 0 rings (SSSR count). The average Bonchev–Trinajstić information content (AvgIpc) is 2.70. The lowest BCUT2D eigenvalue weighted by Crippen LogP contribution is -2.12. The molecule has 0 aliphatic rings. The Bertz CT molecular complexity index is 273. The van der Waals surface area contributed by atoms with E-state index in [9.17, 15) is 5.11 Å². The predicted molar refractivity (Wildman–Crippen MR) is 118 cm³/mol. The quantitative estimate of drug-likeness (QED) is 0.135. The molecule has 3 N–H and O–H groups in total. The van der Waals surface area contributed by atoms with Gasteiger partial charge in [0.05, 0.1) is 0 Å². The minimum absolute atomic E-state index is 0.331. The van der Waals surface area contributed by atoms with Crippen LogP contribution in [0.3, 0.4) is 0 Å². The number of unbranched alkanes of at least 4 members (excludes halogenated alkanes) is 17. The summed E-state index contributed by atoms with van der Waals surface area (Å²) in [7, 11) is 0. The first-order valence-corrected chi connectivity index (χ1v) is 12.3. The number of ether oxygens (including phenoxy) is 1. The number of hydrogen-bond donors (Lipinski definition) is 3. The normalized spacial score (nSPS) is 12.5. The summed E-state index contributed by atoms with van der Waals surface area (Å²) in [5, 5.41) is 27.3. The Kier molecular flexibility index (Phi) is 24.7. The predicted octanol–water partition coefficient (Wildman–Crippen LogP) is 6.11. The van der Waals surface area contributed by atoms with E-state index in [1.54, 1.807) is 0 Å². The molecule has 0 spiro atoms. The molecule has 1 unspecified atom stereocenters. The first-order chi connectivity index (χ1) is 13.8. The highest BCUT2D eigenvalue weighted by atomic mass is 16.6. The molecule has 0 fully saturated rings. The van der Waals surface area contributed by atoms with Crippen molar-refractivity contribution in [2.45, 2.75) is 135 Å². The van der Waals surface area contributed by atoms with Crippen molar-refractivity contribution in [3.05, 3.63) is 0 Å².